The Balaban J connectivity index is 1.45. The van der Waals surface area contributed by atoms with Crippen LogP contribution < -0.4 is 10.6 Å². The number of aliphatic imine (C=N–C) groups is 1. The summed E-state index contributed by atoms with van der Waals surface area (Å²) in [6.07, 6.45) is 4.14. The normalized spacial score (nSPS) is 21.6. The van der Waals surface area contributed by atoms with Crippen molar-refractivity contribution in [3.63, 3.8) is 0 Å². The van der Waals surface area contributed by atoms with Gasteiger partial charge in [0.15, 0.2) is 5.96 Å². The van der Waals surface area contributed by atoms with E-state index in [4.69, 9.17) is 9.73 Å². The van der Waals surface area contributed by atoms with Crippen molar-refractivity contribution in [2.45, 2.75) is 39.3 Å². The van der Waals surface area contributed by atoms with E-state index in [-0.39, 0.29) is 5.41 Å². The quantitative estimate of drug-likeness (QED) is 0.606. The predicted molar refractivity (Wildman–Crippen MR) is 101 cm³/mol. The highest BCUT2D eigenvalue weighted by Crippen LogP contribution is 2.26. The van der Waals surface area contributed by atoms with Gasteiger partial charge in [-0.05, 0) is 31.9 Å². The number of pyridine rings is 1. The number of piperidine rings is 1. The molecular weight excluding hydrogens is 314 g/mol. The molecule has 2 aliphatic rings. The van der Waals surface area contributed by atoms with E-state index in [1.807, 2.05) is 12.3 Å². The second kappa shape index (κ2) is 8.63. The summed E-state index contributed by atoms with van der Waals surface area (Å²) in [6.45, 7) is 10.8. The molecule has 3 heterocycles. The highest BCUT2D eigenvalue weighted by atomic mass is 16.5. The molecule has 0 aliphatic carbocycles. The third-order valence-corrected chi connectivity index (χ3v) is 4.90. The number of aromatic nitrogens is 1. The van der Waals surface area contributed by atoms with Gasteiger partial charge in [0.25, 0.3) is 0 Å². The minimum absolute atomic E-state index is 0.217. The zero-order chi connectivity index (χ0) is 17.5. The Bertz CT molecular complexity index is 550. The summed E-state index contributed by atoms with van der Waals surface area (Å²) >= 11 is 0. The molecule has 0 atom stereocenters. The minimum atomic E-state index is 0.217. The standard InChI is InChI=1S/C19H31N5O/c1-3-20-18(22-13-19(2)14-25-15-19)23-16-7-10-24(11-8-16)12-17-6-4-5-9-21-17/h4-6,9,16H,3,7-8,10-15H2,1-2H3,(H2,20,22,23). The van der Waals surface area contributed by atoms with Crippen LogP contribution in [0.3, 0.4) is 0 Å². The molecule has 0 saturated carbocycles. The van der Waals surface area contributed by atoms with Crippen LogP contribution in [0.5, 0.6) is 0 Å². The number of nitrogens with one attached hydrogen (secondary N) is 2. The number of rotatable bonds is 6. The topological polar surface area (TPSA) is 61.8 Å². The highest BCUT2D eigenvalue weighted by molar-refractivity contribution is 5.80. The van der Waals surface area contributed by atoms with E-state index in [2.05, 4.69) is 46.5 Å². The molecule has 2 saturated heterocycles. The second-order valence-electron chi connectivity index (χ2n) is 7.51. The number of nitrogens with zero attached hydrogens (tertiary/aromatic N) is 3. The summed E-state index contributed by atoms with van der Waals surface area (Å²) in [4.78, 5) is 11.7. The molecule has 3 rings (SSSR count). The summed E-state index contributed by atoms with van der Waals surface area (Å²) in [5, 5.41) is 6.99. The van der Waals surface area contributed by atoms with Crippen molar-refractivity contribution in [1.82, 2.24) is 20.5 Å². The van der Waals surface area contributed by atoms with Crippen molar-refractivity contribution in [2.75, 3.05) is 39.4 Å². The summed E-state index contributed by atoms with van der Waals surface area (Å²) < 4.78 is 5.32. The SMILES string of the molecule is CCNC(=NCC1(C)COC1)NC1CCN(Cc2ccccn2)CC1. The van der Waals surface area contributed by atoms with Crippen molar-refractivity contribution < 1.29 is 4.74 Å². The lowest BCUT2D eigenvalue weighted by Gasteiger charge is -2.37. The Kier molecular flexibility index (Phi) is 6.26. The van der Waals surface area contributed by atoms with Gasteiger partial charge in [-0.3, -0.25) is 14.9 Å². The van der Waals surface area contributed by atoms with E-state index in [1.54, 1.807) is 0 Å². The lowest BCUT2D eigenvalue weighted by Crippen LogP contribution is -2.49. The number of ether oxygens (including phenoxy) is 1. The third-order valence-electron chi connectivity index (χ3n) is 4.90. The third kappa shape index (κ3) is 5.41. The van der Waals surface area contributed by atoms with E-state index in [0.717, 1.165) is 70.4 Å². The summed E-state index contributed by atoms with van der Waals surface area (Å²) in [6, 6.07) is 6.62. The van der Waals surface area contributed by atoms with Gasteiger partial charge in [0.2, 0.25) is 0 Å². The molecule has 0 radical (unpaired) electrons. The monoisotopic (exact) mass is 345 g/mol. The largest absolute Gasteiger partial charge is 0.380 e. The molecule has 6 nitrogen and oxygen atoms in total. The van der Waals surface area contributed by atoms with Crippen LogP contribution in [-0.2, 0) is 11.3 Å². The molecule has 2 aliphatic heterocycles. The van der Waals surface area contributed by atoms with Crippen LogP contribution in [0.4, 0.5) is 0 Å². The van der Waals surface area contributed by atoms with Crippen LogP contribution in [0, 0.1) is 5.41 Å². The minimum Gasteiger partial charge on any atom is -0.380 e. The van der Waals surface area contributed by atoms with E-state index in [0.29, 0.717) is 6.04 Å². The molecule has 2 N–H and O–H groups in total. The van der Waals surface area contributed by atoms with Crippen LogP contribution in [0.2, 0.25) is 0 Å². The van der Waals surface area contributed by atoms with Gasteiger partial charge in [-0.2, -0.15) is 0 Å². The van der Waals surface area contributed by atoms with Crippen molar-refractivity contribution >= 4 is 5.96 Å². The average molecular weight is 345 g/mol. The van der Waals surface area contributed by atoms with E-state index >= 15 is 0 Å². The molecule has 1 aromatic heterocycles. The molecule has 0 amide bonds. The van der Waals surface area contributed by atoms with Crippen molar-refractivity contribution in [1.29, 1.82) is 0 Å². The van der Waals surface area contributed by atoms with Gasteiger partial charge in [0.05, 0.1) is 25.5 Å². The molecule has 0 bridgehead atoms. The molecule has 0 spiro atoms. The van der Waals surface area contributed by atoms with E-state index in [1.165, 1.54) is 0 Å². The zero-order valence-electron chi connectivity index (χ0n) is 15.5. The number of likely N-dealkylation sites (tertiary alicyclic amines) is 1. The van der Waals surface area contributed by atoms with Gasteiger partial charge >= 0.3 is 0 Å². The molecule has 2 fully saturated rings. The van der Waals surface area contributed by atoms with Crippen molar-refractivity contribution in [3.05, 3.63) is 30.1 Å². The maximum absolute atomic E-state index is 5.32. The Labute approximate surface area is 151 Å². The maximum atomic E-state index is 5.32. The summed E-state index contributed by atoms with van der Waals surface area (Å²) in [5.74, 6) is 0.943. The van der Waals surface area contributed by atoms with Gasteiger partial charge in [0.1, 0.15) is 0 Å². The van der Waals surface area contributed by atoms with Crippen LogP contribution in [0.25, 0.3) is 0 Å². The van der Waals surface area contributed by atoms with Crippen LogP contribution in [-0.4, -0.2) is 61.3 Å². The molecular formula is C19H31N5O. The Hall–Kier alpha value is -1.66. The van der Waals surface area contributed by atoms with Gasteiger partial charge < -0.3 is 15.4 Å². The lowest BCUT2D eigenvalue weighted by atomic mass is 9.89. The first-order valence-electron chi connectivity index (χ1n) is 9.42. The fourth-order valence-corrected chi connectivity index (χ4v) is 3.28. The molecule has 6 heteroatoms. The molecule has 0 unspecified atom stereocenters. The van der Waals surface area contributed by atoms with E-state index in [9.17, 15) is 0 Å². The first kappa shape index (κ1) is 18.1. The average Bonchev–Trinajstić information content (AvgIpc) is 2.61. The fraction of sp³-hybridized carbons (Fsp3) is 0.684. The summed E-state index contributed by atoms with van der Waals surface area (Å²) in [7, 11) is 0. The van der Waals surface area contributed by atoms with Gasteiger partial charge in [-0.25, -0.2) is 0 Å². The van der Waals surface area contributed by atoms with Crippen LogP contribution in [0.1, 0.15) is 32.4 Å². The van der Waals surface area contributed by atoms with Crippen molar-refractivity contribution in [2.24, 2.45) is 10.4 Å². The Morgan fingerprint density at radius 2 is 2.16 bits per heavy atom. The predicted octanol–water partition coefficient (Wildman–Crippen LogP) is 1.64. The molecule has 1 aromatic rings. The highest BCUT2D eigenvalue weighted by Gasteiger charge is 2.33. The van der Waals surface area contributed by atoms with Gasteiger partial charge in [-0.15, -0.1) is 0 Å². The number of hydrogen-bond donors (Lipinski definition) is 2. The van der Waals surface area contributed by atoms with E-state index < -0.39 is 0 Å². The molecule has 138 valence electrons. The first-order chi connectivity index (χ1) is 12.2. The van der Waals surface area contributed by atoms with Crippen LogP contribution >= 0.6 is 0 Å². The van der Waals surface area contributed by atoms with Crippen LogP contribution in [0.15, 0.2) is 29.4 Å². The van der Waals surface area contributed by atoms with Gasteiger partial charge in [0, 0.05) is 43.8 Å². The summed E-state index contributed by atoms with van der Waals surface area (Å²) in [5.41, 5.74) is 1.37. The van der Waals surface area contributed by atoms with Gasteiger partial charge in [-0.1, -0.05) is 13.0 Å². The first-order valence-corrected chi connectivity index (χ1v) is 9.42. The lowest BCUT2D eigenvalue weighted by molar-refractivity contribution is -0.0945. The smallest absolute Gasteiger partial charge is 0.191 e. The van der Waals surface area contributed by atoms with Crippen molar-refractivity contribution in [3.8, 4) is 0 Å². The maximum Gasteiger partial charge on any atom is 0.191 e. The fourth-order valence-electron chi connectivity index (χ4n) is 3.28. The number of guanidine groups is 1. The molecule has 0 aromatic carbocycles. The second-order valence-corrected chi connectivity index (χ2v) is 7.51. The molecule has 25 heavy (non-hydrogen) atoms. The zero-order valence-corrected chi connectivity index (χ0v) is 15.5. The Morgan fingerprint density at radius 1 is 1.36 bits per heavy atom. The number of hydrogen-bond acceptors (Lipinski definition) is 4. The Morgan fingerprint density at radius 3 is 2.76 bits per heavy atom.